The van der Waals surface area contributed by atoms with Gasteiger partial charge in [0.15, 0.2) is 0 Å². The summed E-state index contributed by atoms with van der Waals surface area (Å²) in [6.45, 7) is 7.23. The van der Waals surface area contributed by atoms with Crippen LogP contribution in [0.1, 0.15) is 31.2 Å². The van der Waals surface area contributed by atoms with Crippen LogP contribution in [0.4, 0.5) is 0 Å². The molecule has 1 rings (SSSR count). The summed E-state index contributed by atoms with van der Waals surface area (Å²) >= 11 is 0. The van der Waals surface area contributed by atoms with Gasteiger partial charge in [-0.1, -0.05) is 6.92 Å². The Balaban J connectivity index is 2.67. The summed E-state index contributed by atoms with van der Waals surface area (Å²) in [4.78, 5) is 0. The van der Waals surface area contributed by atoms with Crippen LogP contribution in [0.25, 0.3) is 0 Å². The minimum atomic E-state index is 0.329. The lowest BCUT2D eigenvalue weighted by Crippen LogP contribution is -2.17. The van der Waals surface area contributed by atoms with Gasteiger partial charge in [-0.2, -0.15) is 0 Å². The minimum absolute atomic E-state index is 0.329. The Kier molecular flexibility index (Phi) is 2.71. The van der Waals surface area contributed by atoms with Gasteiger partial charge in [0.05, 0.1) is 12.3 Å². The molecular weight excluding hydrogens is 138 g/mol. The van der Waals surface area contributed by atoms with E-state index >= 15 is 0 Å². The average Bonchev–Trinajstić information content (AvgIpc) is 2.36. The van der Waals surface area contributed by atoms with Gasteiger partial charge in [-0.05, 0) is 32.0 Å². The molecule has 0 aliphatic rings. The van der Waals surface area contributed by atoms with E-state index < -0.39 is 0 Å². The van der Waals surface area contributed by atoms with Crippen molar-refractivity contribution in [1.29, 1.82) is 0 Å². The molecule has 0 amide bonds. The molecule has 1 N–H and O–H groups in total. The van der Waals surface area contributed by atoms with E-state index in [0.29, 0.717) is 6.04 Å². The molecule has 0 radical (unpaired) electrons. The predicted octanol–water partition coefficient (Wildman–Crippen LogP) is 2.26. The predicted molar refractivity (Wildman–Crippen MR) is 45.5 cm³/mol. The van der Waals surface area contributed by atoms with E-state index in [0.717, 1.165) is 12.3 Å². The Morgan fingerprint density at radius 2 is 2.36 bits per heavy atom. The zero-order valence-electron chi connectivity index (χ0n) is 7.35. The highest BCUT2D eigenvalue weighted by Crippen LogP contribution is 2.17. The van der Waals surface area contributed by atoms with Crippen molar-refractivity contribution in [2.24, 2.45) is 0 Å². The SMILES string of the molecule is CCNC(C)c1occc1C. The summed E-state index contributed by atoms with van der Waals surface area (Å²) in [7, 11) is 0. The first-order valence-corrected chi connectivity index (χ1v) is 4.03. The highest BCUT2D eigenvalue weighted by atomic mass is 16.3. The zero-order valence-corrected chi connectivity index (χ0v) is 7.35. The molecule has 62 valence electrons. The van der Waals surface area contributed by atoms with Crippen LogP contribution < -0.4 is 5.32 Å². The fourth-order valence-electron chi connectivity index (χ4n) is 1.23. The molecule has 0 aliphatic heterocycles. The quantitative estimate of drug-likeness (QED) is 0.720. The van der Waals surface area contributed by atoms with Crippen LogP contribution in [0.3, 0.4) is 0 Å². The van der Waals surface area contributed by atoms with E-state index in [2.05, 4.69) is 26.1 Å². The van der Waals surface area contributed by atoms with Gasteiger partial charge >= 0.3 is 0 Å². The van der Waals surface area contributed by atoms with E-state index in [1.165, 1.54) is 5.56 Å². The van der Waals surface area contributed by atoms with Crippen molar-refractivity contribution in [3.05, 3.63) is 23.7 Å². The molecule has 0 fully saturated rings. The maximum absolute atomic E-state index is 5.32. The molecule has 1 heterocycles. The van der Waals surface area contributed by atoms with E-state index in [4.69, 9.17) is 4.42 Å². The van der Waals surface area contributed by atoms with Gasteiger partial charge in [-0.15, -0.1) is 0 Å². The first kappa shape index (κ1) is 8.34. The van der Waals surface area contributed by atoms with Crippen molar-refractivity contribution in [3.63, 3.8) is 0 Å². The molecule has 11 heavy (non-hydrogen) atoms. The van der Waals surface area contributed by atoms with Crippen LogP contribution in [0, 0.1) is 6.92 Å². The first-order valence-electron chi connectivity index (χ1n) is 4.03. The average molecular weight is 153 g/mol. The molecular formula is C9H15NO. The largest absolute Gasteiger partial charge is 0.467 e. The fourth-order valence-corrected chi connectivity index (χ4v) is 1.23. The summed E-state index contributed by atoms with van der Waals surface area (Å²) in [5, 5.41) is 3.29. The second-order valence-electron chi connectivity index (χ2n) is 2.75. The molecule has 0 aliphatic carbocycles. The Morgan fingerprint density at radius 1 is 1.64 bits per heavy atom. The van der Waals surface area contributed by atoms with E-state index in [1.807, 2.05) is 6.07 Å². The Morgan fingerprint density at radius 3 is 2.82 bits per heavy atom. The fraction of sp³-hybridized carbons (Fsp3) is 0.556. The van der Waals surface area contributed by atoms with Crippen molar-refractivity contribution in [3.8, 4) is 0 Å². The lowest BCUT2D eigenvalue weighted by molar-refractivity contribution is 0.434. The third-order valence-electron chi connectivity index (χ3n) is 1.81. The lowest BCUT2D eigenvalue weighted by atomic mass is 10.2. The van der Waals surface area contributed by atoms with Gasteiger partial charge in [0, 0.05) is 0 Å². The number of nitrogens with one attached hydrogen (secondary N) is 1. The van der Waals surface area contributed by atoms with Crippen LogP contribution in [-0.2, 0) is 0 Å². The van der Waals surface area contributed by atoms with E-state index in [9.17, 15) is 0 Å². The molecule has 0 spiro atoms. The molecule has 0 bridgehead atoms. The normalized spacial score (nSPS) is 13.4. The van der Waals surface area contributed by atoms with Crippen molar-refractivity contribution in [2.75, 3.05) is 6.54 Å². The molecule has 0 saturated carbocycles. The molecule has 1 aromatic rings. The van der Waals surface area contributed by atoms with Gasteiger partial charge in [-0.3, -0.25) is 0 Å². The summed E-state index contributed by atoms with van der Waals surface area (Å²) in [5.41, 5.74) is 1.22. The number of hydrogen-bond donors (Lipinski definition) is 1. The van der Waals surface area contributed by atoms with E-state index in [1.54, 1.807) is 6.26 Å². The summed E-state index contributed by atoms with van der Waals surface area (Å²) < 4.78 is 5.32. The second-order valence-corrected chi connectivity index (χ2v) is 2.75. The Labute approximate surface area is 67.6 Å². The summed E-state index contributed by atoms with van der Waals surface area (Å²) in [6, 6.07) is 2.32. The smallest absolute Gasteiger partial charge is 0.123 e. The summed E-state index contributed by atoms with van der Waals surface area (Å²) in [6.07, 6.45) is 1.73. The van der Waals surface area contributed by atoms with Crippen LogP contribution in [0.15, 0.2) is 16.7 Å². The second kappa shape index (κ2) is 3.58. The van der Waals surface area contributed by atoms with Crippen LogP contribution in [-0.4, -0.2) is 6.54 Å². The standard InChI is InChI=1S/C9H15NO/c1-4-10-8(3)9-7(2)5-6-11-9/h5-6,8,10H,4H2,1-3H3. The number of hydrogen-bond acceptors (Lipinski definition) is 2. The maximum Gasteiger partial charge on any atom is 0.123 e. The van der Waals surface area contributed by atoms with Crippen LogP contribution in [0.5, 0.6) is 0 Å². The number of furan rings is 1. The van der Waals surface area contributed by atoms with Crippen molar-refractivity contribution in [2.45, 2.75) is 26.8 Å². The topological polar surface area (TPSA) is 25.2 Å². The Hall–Kier alpha value is -0.760. The van der Waals surface area contributed by atoms with Gasteiger partial charge in [0.25, 0.3) is 0 Å². The third-order valence-corrected chi connectivity index (χ3v) is 1.81. The molecule has 1 atom stereocenters. The highest BCUT2D eigenvalue weighted by Gasteiger charge is 2.08. The minimum Gasteiger partial charge on any atom is -0.467 e. The molecule has 2 nitrogen and oxygen atoms in total. The van der Waals surface area contributed by atoms with E-state index in [-0.39, 0.29) is 0 Å². The van der Waals surface area contributed by atoms with Gasteiger partial charge in [-0.25, -0.2) is 0 Å². The number of aryl methyl sites for hydroxylation is 1. The van der Waals surface area contributed by atoms with Crippen LogP contribution >= 0.6 is 0 Å². The molecule has 1 unspecified atom stereocenters. The highest BCUT2D eigenvalue weighted by molar-refractivity contribution is 5.17. The first-order chi connectivity index (χ1) is 5.25. The molecule has 0 aromatic carbocycles. The number of rotatable bonds is 3. The van der Waals surface area contributed by atoms with Gasteiger partial charge in [0.2, 0.25) is 0 Å². The van der Waals surface area contributed by atoms with Crippen molar-refractivity contribution in [1.82, 2.24) is 5.32 Å². The molecule has 0 saturated heterocycles. The third kappa shape index (κ3) is 1.84. The van der Waals surface area contributed by atoms with Crippen molar-refractivity contribution < 1.29 is 4.42 Å². The maximum atomic E-state index is 5.32. The lowest BCUT2D eigenvalue weighted by Gasteiger charge is -2.09. The monoisotopic (exact) mass is 153 g/mol. The Bertz CT molecular complexity index is 217. The molecule has 1 aromatic heterocycles. The summed E-state index contributed by atoms with van der Waals surface area (Å²) in [5.74, 6) is 1.05. The zero-order chi connectivity index (χ0) is 8.27. The molecule has 2 heteroatoms. The van der Waals surface area contributed by atoms with Gasteiger partial charge in [0.1, 0.15) is 5.76 Å². The van der Waals surface area contributed by atoms with Crippen LogP contribution in [0.2, 0.25) is 0 Å². The van der Waals surface area contributed by atoms with Gasteiger partial charge < -0.3 is 9.73 Å². The van der Waals surface area contributed by atoms with Crippen molar-refractivity contribution >= 4 is 0 Å².